The van der Waals surface area contributed by atoms with Crippen LogP contribution < -0.4 is 14.5 Å². The van der Waals surface area contributed by atoms with E-state index in [0.717, 1.165) is 17.0 Å². The van der Waals surface area contributed by atoms with E-state index in [1.54, 1.807) is 36.4 Å². The Bertz CT molecular complexity index is 1340. The highest BCUT2D eigenvalue weighted by Gasteiger charge is 2.48. The summed E-state index contributed by atoms with van der Waals surface area (Å²) in [5, 5.41) is 11.2. The lowest BCUT2D eigenvalue weighted by molar-refractivity contribution is -0.132. The average Bonchev–Trinajstić information content (AvgIpc) is 3.10. The SMILES string of the molecule is CN1CCOc2ccc(/C(O)=C3/C(=O)C(=O)N(c4ccc(F)cc4F)C3c3ccccn3)cc21. The maximum atomic E-state index is 14.7. The van der Waals surface area contributed by atoms with E-state index in [4.69, 9.17) is 4.74 Å². The fourth-order valence-corrected chi connectivity index (χ4v) is 4.23. The minimum absolute atomic E-state index is 0.241. The second kappa shape index (κ2) is 8.26. The molecule has 0 aliphatic carbocycles. The van der Waals surface area contributed by atoms with Gasteiger partial charge in [0.05, 0.1) is 29.2 Å². The van der Waals surface area contributed by atoms with E-state index >= 15 is 0 Å². The molecule has 2 aliphatic heterocycles. The van der Waals surface area contributed by atoms with Gasteiger partial charge in [0.25, 0.3) is 11.7 Å². The number of fused-ring (bicyclic) bond motifs is 1. The number of nitrogens with zero attached hydrogens (tertiary/aromatic N) is 3. The Morgan fingerprint density at radius 1 is 1.09 bits per heavy atom. The van der Waals surface area contributed by atoms with Crippen LogP contribution in [0.5, 0.6) is 5.75 Å². The van der Waals surface area contributed by atoms with Gasteiger partial charge in [-0.15, -0.1) is 0 Å². The number of aliphatic hydroxyl groups excluding tert-OH is 1. The Hall–Kier alpha value is -4.27. The zero-order valence-corrected chi connectivity index (χ0v) is 18.0. The number of aliphatic hydroxyl groups is 1. The molecule has 7 nitrogen and oxygen atoms in total. The van der Waals surface area contributed by atoms with Crippen LogP contribution in [0.25, 0.3) is 5.76 Å². The third-order valence-electron chi connectivity index (χ3n) is 5.91. The highest BCUT2D eigenvalue weighted by atomic mass is 19.1. The molecule has 34 heavy (non-hydrogen) atoms. The number of anilines is 2. The molecule has 0 saturated carbocycles. The third-order valence-corrected chi connectivity index (χ3v) is 5.91. The lowest BCUT2D eigenvalue weighted by Crippen LogP contribution is -2.30. The molecular weight excluding hydrogens is 444 g/mol. The van der Waals surface area contributed by atoms with Crippen molar-refractivity contribution in [3.63, 3.8) is 0 Å². The van der Waals surface area contributed by atoms with Crippen LogP contribution in [-0.4, -0.2) is 42.0 Å². The predicted octanol–water partition coefficient (Wildman–Crippen LogP) is 3.81. The van der Waals surface area contributed by atoms with Crippen LogP contribution in [0.3, 0.4) is 0 Å². The number of aromatic nitrogens is 1. The van der Waals surface area contributed by atoms with Crippen molar-refractivity contribution >= 4 is 28.8 Å². The molecule has 3 heterocycles. The second-order valence-electron chi connectivity index (χ2n) is 7.97. The minimum atomic E-state index is -1.22. The summed E-state index contributed by atoms with van der Waals surface area (Å²) in [6, 6.07) is 11.2. The summed E-state index contributed by atoms with van der Waals surface area (Å²) in [6.45, 7) is 1.15. The number of ketones is 1. The summed E-state index contributed by atoms with van der Waals surface area (Å²) >= 11 is 0. The van der Waals surface area contributed by atoms with Crippen molar-refractivity contribution in [3.05, 3.63) is 89.3 Å². The minimum Gasteiger partial charge on any atom is -0.507 e. The van der Waals surface area contributed by atoms with Crippen molar-refractivity contribution in [1.29, 1.82) is 0 Å². The van der Waals surface area contributed by atoms with Crippen molar-refractivity contribution in [2.75, 3.05) is 30.0 Å². The topological polar surface area (TPSA) is 83.0 Å². The molecule has 2 aliphatic rings. The van der Waals surface area contributed by atoms with Crippen LogP contribution in [0.4, 0.5) is 20.2 Å². The molecule has 1 unspecified atom stereocenters. The number of ether oxygens (including phenoxy) is 1. The zero-order valence-electron chi connectivity index (χ0n) is 18.0. The monoisotopic (exact) mass is 463 g/mol. The summed E-state index contributed by atoms with van der Waals surface area (Å²) < 4.78 is 33.9. The Kier molecular flexibility index (Phi) is 5.24. The number of carbonyl (C=O) groups is 2. The van der Waals surface area contributed by atoms with Gasteiger partial charge in [0.15, 0.2) is 0 Å². The average molecular weight is 463 g/mol. The second-order valence-corrected chi connectivity index (χ2v) is 7.97. The maximum Gasteiger partial charge on any atom is 0.300 e. The van der Waals surface area contributed by atoms with Gasteiger partial charge < -0.3 is 14.7 Å². The van der Waals surface area contributed by atoms with Crippen molar-refractivity contribution < 1.29 is 28.2 Å². The van der Waals surface area contributed by atoms with Crippen LogP contribution in [0, 0.1) is 11.6 Å². The van der Waals surface area contributed by atoms with E-state index in [2.05, 4.69) is 4.98 Å². The summed E-state index contributed by atoms with van der Waals surface area (Å²) in [5.41, 5.74) is 0.701. The van der Waals surface area contributed by atoms with Gasteiger partial charge in [0.2, 0.25) is 0 Å². The van der Waals surface area contributed by atoms with E-state index in [-0.39, 0.29) is 22.5 Å². The van der Waals surface area contributed by atoms with Crippen molar-refractivity contribution in [3.8, 4) is 5.75 Å². The number of amides is 1. The van der Waals surface area contributed by atoms with E-state index in [1.165, 1.54) is 6.20 Å². The predicted molar refractivity (Wildman–Crippen MR) is 121 cm³/mol. The standard InChI is InChI=1S/C25H19F2N3O4/c1-29-10-11-34-20-8-5-14(12-19(20)29)23(31)21-22(17-4-2-3-9-28-17)30(25(33)24(21)32)18-7-6-15(26)13-16(18)27/h2-9,12-13,22,31H,10-11H2,1H3/b23-21-. The first-order valence-electron chi connectivity index (χ1n) is 10.5. The molecule has 1 fully saturated rings. The summed E-state index contributed by atoms with van der Waals surface area (Å²) in [4.78, 5) is 33.3. The van der Waals surface area contributed by atoms with E-state index in [0.29, 0.717) is 30.7 Å². The molecule has 1 atom stereocenters. The van der Waals surface area contributed by atoms with Gasteiger partial charge in [-0.3, -0.25) is 19.5 Å². The van der Waals surface area contributed by atoms with Gasteiger partial charge >= 0.3 is 0 Å². The van der Waals surface area contributed by atoms with Crippen LogP contribution in [-0.2, 0) is 9.59 Å². The fraction of sp³-hybridized carbons (Fsp3) is 0.160. The number of carbonyl (C=O) groups excluding carboxylic acids is 2. The van der Waals surface area contributed by atoms with Gasteiger partial charge in [0.1, 0.15) is 35.8 Å². The molecule has 1 aromatic heterocycles. The molecule has 9 heteroatoms. The smallest absolute Gasteiger partial charge is 0.300 e. The van der Waals surface area contributed by atoms with E-state index < -0.39 is 35.1 Å². The lowest BCUT2D eigenvalue weighted by atomic mass is 9.97. The molecule has 0 radical (unpaired) electrons. The molecule has 1 N–H and O–H groups in total. The van der Waals surface area contributed by atoms with Gasteiger partial charge in [-0.2, -0.15) is 0 Å². The lowest BCUT2D eigenvalue weighted by Gasteiger charge is -2.28. The Balaban J connectivity index is 1.71. The summed E-state index contributed by atoms with van der Waals surface area (Å²) in [6.07, 6.45) is 1.46. The summed E-state index contributed by atoms with van der Waals surface area (Å²) in [5.74, 6) is -3.70. The first kappa shape index (κ1) is 21.6. The van der Waals surface area contributed by atoms with Crippen LogP contribution in [0.2, 0.25) is 0 Å². The third kappa shape index (κ3) is 3.45. The Morgan fingerprint density at radius 3 is 2.65 bits per heavy atom. The highest BCUT2D eigenvalue weighted by Crippen LogP contribution is 2.43. The number of hydrogen-bond acceptors (Lipinski definition) is 6. The van der Waals surface area contributed by atoms with Gasteiger partial charge in [-0.1, -0.05) is 6.07 Å². The largest absolute Gasteiger partial charge is 0.507 e. The molecule has 5 rings (SSSR count). The van der Waals surface area contributed by atoms with E-state index in [1.807, 2.05) is 11.9 Å². The number of halogens is 2. The maximum absolute atomic E-state index is 14.7. The van der Waals surface area contributed by atoms with Crippen molar-refractivity contribution in [2.24, 2.45) is 0 Å². The quantitative estimate of drug-likeness (QED) is 0.361. The Labute approximate surface area is 193 Å². The highest BCUT2D eigenvalue weighted by molar-refractivity contribution is 6.51. The van der Waals surface area contributed by atoms with Crippen LogP contribution in [0.15, 0.2) is 66.4 Å². The molecule has 0 spiro atoms. The fourth-order valence-electron chi connectivity index (χ4n) is 4.23. The van der Waals surface area contributed by atoms with E-state index in [9.17, 15) is 23.5 Å². The molecular formula is C25H19F2N3O4. The number of pyridine rings is 1. The van der Waals surface area contributed by atoms with Gasteiger partial charge in [0, 0.05) is 24.9 Å². The zero-order chi connectivity index (χ0) is 24.0. The number of benzene rings is 2. The molecule has 2 aromatic carbocycles. The molecule has 0 bridgehead atoms. The van der Waals surface area contributed by atoms with Gasteiger partial charge in [-0.25, -0.2) is 8.78 Å². The number of hydrogen-bond donors (Lipinski definition) is 1. The molecule has 172 valence electrons. The number of likely N-dealkylation sites (N-methyl/N-ethyl adjacent to an activating group) is 1. The first-order chi connectivity index (χ1) is 16.4. The normalized spacial score (nSPS) is 19.2. The first-order valence-corrected chi connectivity index (χ1v) is 10.5. The number of Topliss-reactive ketones (excluding diaryl/α,β-unsaturated/α-hetero) is 1. The molecule has 3 aromatic rings. The molecule has 1 saturated heterocycles. The molecule has 1 amide bonds. The summed E-state index contributed by atoms with van der Waals surface area (Å²) in [7, 11) is 1.87. The van der Waals surface area contributed by atoms with Crippen molar-refractivity contribution in [2.45, 2.75) is 6.04 Å². The van der Waals surface area contributed by atoms with Crippen LogP contribution in [0.1, 0.15) is 17.3 Å². The number of rotatable bonds is 3. The Morgan fingerprint density at radius 2 is 1.91 bits per heavy atom. The van der Waals surface area contributed by atoms with Crippen molar-refractivity contribution in [1.82, 2.24) is 4.98 Å². The van der Waals surface area contributed by atoms with Crippen LogP contribution >= 0.6 is 0 Å². The van der Waals surface area contributed by atoms with Gasteiger partial charge in [-0.05, 0) is 42.5 Å².